The smallest absolute Gasteiger partial charge is 0.411 e. The van der Waals surface area contributed by atoms with Gasteiger partial charge >= 0.3 is 12.1 Å². The predicted molar refractivity (Wildman–Crippen MR) is 62.8 cm³/mol. The number of carbonyl (C=O) groups is 1. The lowest BCUT2D eigenvalue weighted by Gasteiger charge is -2.13. The van der Waals surface area contributed by atoms with Crippen LogP contribution >= 0.6 is 0 Å². The second-order valence-electron chi connectivity index (χ2n) is 4.18. The number of benzene rings is 1. The fourth-order valence-corrected chi connectivity index (χ4v) is 1.62. The van der Waals surface area contributed by atoms with Gasteiger partial charge in [0.15, 0.2) is 0 Å². The molecule has 1 aromatic carbocycles. The Bertz CT molecular complexity index is 390. The third-order valence-corrected chi connectivity index (χ3v) is 2.55. The number of hydrogen-bond donors (Lipinski definition) is 1. The minimum atomic E-state index is -4.38. The molecule has 0 spiro atoms. The lowest BCUT2D eigenvalue weighted by molar-refractivity contribution is -0.175. The number of rotatable bonds is 7. The highest BCUT2D eigenvalue weighted by Crippen LogP contribution is 2.16. The molecule has 3 nitrogen and oxygen atoms in total. The van der Waals surface area contributed by atoms with Gasteiger partial charge in [-0.05, 0) is 18.4 Å². The summed E-state index contributed by atoms with van der Waals surface area (Å²) < 4.78 is 40.0. The van der Waals surface area contributed by atoms with Gasteiger partial charge in [-0.25, -0.2) is 0 Å². The average Bonchev–Trinajstić information content (AvgIpc) is 2.33. The minimum Gasteiger partial charge on any atom is -0.481 e. The van der Waals surface area contributed by atoms with Crippen LogP contribution in [0.3, 0.4) is 0 Å². The molecular weight excluding hydrogens is 261 g/mol. The van der Waals surface area contributed by atoms with Crippen LogP contribution in [0.5, 0.6) is 0 Å². The first-order valence-electron chi connectivity index (χ1n) is 5.79. The summed E-state index contributed by atoms with van der Waals surface area (Å²) in [4.78, 5) is 11.0. The zero-order valence-corrected chi connectivity index (χ0v) is 10.2. The molecule has 0 saturated heterocycles. The van der Waals surface area contributed by atoms with Crippen molar-refractivity contribution in [2.24, 2.45) is 5.92 Å². The summed E-state index contributed by atoms with van der Waals surface area (Å²) in [6.45, 7) is -1.56. The second kappa shape index (κ2) is 7.13. The average molecular weight is 276 g/mol. The van der Waals surface area contributed by atoms with Crippen molar-refractivity contribution in [2.75, 3.05) is 13.2 Å². The van der Waals surface area contributed by atoms with Crippen LogP contribution in [-0.4, -0.2) is 30.5 Å². The number of ether oxygens (including phenoxy) is 1. The van der Waals surface area contributed by atoms with E-state index < -0.39 is 24.7 Å². The van der Waals surface area contributed by atoms with E-state index in [-0.39, 0.29) is 19.4 Å². The topological polar surface area (TPSA) is 46.5 Å². The lowest BCUT2D eigenvalue weighted by Crippen LogP contribution is -2.22. The maximum absolute atomic E-state index is 11.8. The van der Waals surface area contributed by atoms with Crippen molar-refractivity contribution in [1.29, 1.82) is 0 Å². The van der Waals surface area contributed by atoms with Gasteiger partial charge in [0, 0.05) is 6.61 Å². The summed E-state index contributed by atoms with van der Waals surface area (Å²) in [5.74, 6) is -1.77. The summed E-state index contributed by atoms with van der Waals surface area (Å²) in [5, 5.41) is 9.02. The van der Waals surface area contributed by atoms with Crippen LogP contribution in [0.2, 0.25) is 0 Å². The summed E-state index contributed by atoms with van der Waals surface area (Å²) in [6, 6.07) is 8.95. The van der Waals surface area contributed by atoms with Crippen LogP contribution in [0.25, 0.3) is 0 Å². The van der Waals surface area contributed by atoms with Crippen molar-refractivity contribution in [3.8, 4) is 0 Å². The fourth-order valence-electron chi connectivity index (χ4n) is 1.62. The van der Waals surface area contributed by atoms with E-state index in [2.05, 4.69) is 4.74 Å². The molecular formula is C13H15F3O3. The Balaban J connectivity index is 2.40. The Morgan fingerprint density at radius 2 is 1.89 bits per heavy atom. The Morgan fingerprint density at radius 3 is 2.42 bits per heavy atom. The van der Waals surface area contributed by atoms with Crippen molar-refractivity contribution >= 4 is 5.97 Å². The second-order valence-corrected chi connectivity index (χ2v) is 4.18. The van der Waals surface area contributed by atoms with E-state index in [0.717, 1.165) is 5.56 Å². The van der Waals surface area contributed by atoms with Gasteiger partial charge in [0.25, 0.3) is 0 Å². The highest BCUT2D eigenvalue weighted by Gasteiger charge is 2.27. The first-order valence-corrected chi connectivity index (χ1v) is 5.79. The first kappa shape index (κ1) is 15.5. The van der Waals surface area contributed by atoms with Crippen LogP contribution in [-0.2, 0) is 16.0 Å². The van der Waals surface area contributed by atoms with Crippen LogP contribution < -0.4 is 0 Å². The molecule has 1 atom stereocenters. The van der Waals surface area contributed by atoms with E-state index in [1.807, 2.05) is 6.07 Å². The summed E-state index contributed by atoms with van der Waals surface area (Å²) in [5.41, 5.74) is 0.839. The van der Waals surface area contributed by atoms with Crippen LogP contribution in [0.4, 0.5) is 13.2 Å². The maximum atomic E-state index is 11.8. The van der Waals surface area contributed by atoms with Crippen LogP contribution in [0.1, 0.15) is 12.0 Å². The highest BCUT2D eigenvalue weighted by atomic mass is 19.4. The molecule has 0 bridgehead atoms. The van der Waals surface area contributed by atoms with Gasteiger partial charge in [-0.15, -0.1) is 0 Å². The van der Waals surface area contributed by atoms with E-state index in [1.54, 1.807) is 24.3 Å². The Morgan fingerprint density at radius 1 is 1.26 bits per heavy atom. The Kier molecular flexibility index (Phi) is 5.82. The molecule has 1 N–H and O–H groups in total. The minimum absolute atomic E-state index is 0.0559. The van der Waals surface area contributed by atoms with E-state index in [4.69, 9.17) is 5.11 Å². The third-order valence-electron chi connectivity index (χ3n) is 2.55. The molecule has 1 aromatic rings. The van der Waals surface area contributed by atoms with Crippen molar-refractivity contribution < 1.29 is 27.8 Å². The van der Waals surface area contributed by atoms with E-state index in [9.17, 15) is 18.0 Å². The van der Waals surface area contributed by atoms with E-state index >= 15 is 0 Å². The van der Waals surface area contributed by atoms with Crippen molar-refractivity contribution in [2.45, 2.75) is 19.0 Å². The van der Waals surface area contributed by atoms with Gasteiger partial charge < -0.3 is 9.84 Å². The maximum Gasteiger partial charge on any atom is 0.411 e. The molecule has 0 amide bonds. The van der Waals surface area contributed by atoms with E-state index in [0.29, 0.717) is 0 Å². The molecule has 19 heavy (non-hydrogen) atoms. The van der Waals surface area contributed by atoms with Gasteiger partial charge in [0.1, 0.15) is 6.61 Å². The quantitative estimate of drug-likeness (QED) is 0.779. The summed E-state index contributed by atoms with van der Waals surface area (Å²) in [6.07, 6.45) is -4.04. The molecule has 6 heteroatoms. The zero-order valence-electron chi connectivity index (χ0n) is 10.2. The van der Waals surface area contributed by atoms with Gasteiger partial charge in [-0.2, -0.15) is 13.2 Å². The van der Waals surface area contributed by atoms with Crippen molar-refractivity contribution in [3.63, 3.8) is 0 Å². The standard InChI is InChI=1S/C13H15F3O3/c14-13(15,16)9-19-7-6-11(12(17)18)8-10-4-2-1-3-5-10/h1-5,11H,6-9H2,(H,17,18). The third kappa shape index (κ3) is 6.81. The van der Waals surface area contributed by atoms with Crippen molar-refractivity contribution in [1.82, 2.24) is 0 Å². The number of aliphatic carboxylic acids is 1. The number of halogens is 3. The number of hydrogen-bond acceptors (Lipinski definition) is 2. The molecule has 0 radical (unpaired) electrons. The number of carboxylic acid groups (broad SMARTS) is 1. The van der Waals surface area contributed by atoms with Gasteiger partial charge in [0.2, 0.25) is 0 Å². The SMILES string of the molecule is O=C(O)C(CCOCC(F)(F)F)Cc1ccccc1. The predicted octanol–water partition coefficient (Wildman–Crippen LogP) is 2.90. The lowest BCUT2D eigenvalue weighted by atomic mass is 9.97. The largest absolute Gasteiger partial charge is 0.481 e. The van der Waals surface area contributed by atoms with Crippen LogP contribution in [0, 0.1) is 5.92 Å². The molecule has 0 aliphatic rings. The van der Waals surface area contributed by atoms with E-state index in [1.165, 1.54) is 0 Å². The monoisotopic (exact) mass is 276 g/mol. The molecule has 0 aliphatic carbocycles. The first-order chi connectivity index (χ1) is 8.88. The highest BCUT2D eigenvalue weighted by molar-refractivity contribution is 5.70. The number of carboxylic acids is 1. The summed E-state index contributed by atoms with van der Waals surface area (Å²) >= 11 is 0. The normalized spacial score (nSPS) is 13.2. The number of alkyl halides is 3. The molecule has 1 rings (SSSR count). The van der Waals surface area contributed by atoms with Crippen LogP contribution in [0.15, 0.2) is 30.3 Å². The molecule has 106 valence electrons. The Hall–Kier alpha value is -1.56. The molecule has 0 aromatic heterocycles. The fraction of sp³-hybridized carbons (Fsp3) is 0.462. The zero-order chi connectivity index (χ0) is 14.3. The molecule has 0 fully saturated rings. The van der Waals surface area contributed by atoms with Crippen molar-refractivity contribution in [3.05, 3.63) is 35.9 Å². The molecule has 1 unspecified atom stereocenters. The molecule has 0 saturated carbocycles. The van der Waals surface area contributed by atoms with Gasteiger partial charge in [-0.1, -0.05) is 30.3 Å². The van der Waals surface area contributed by atoms with Gasteiger partial charge in [-0.3, -0.25) is 4.79 Å². The summed E-state index contributed by atoms with van der Waals surface area (Å²) in [7, 11) is 0. The molecule has 0 heterocycles. The van der Waals surface area contributed by atoms with Gasteiger partial charge in [0.05, 0.1) is 5.92 Å². The molecule has 0 aliphatic heterocycles. The Labute approximate surface area is 109 Å².